The van der Waals surface area contributed by atoms with Crippen LogP contribution in [0.2, 0.25) is 0 Å². The maximum atomic E-state index is 7.67. The highest BCUT2D eigenvalue weighted by atomic mass is 15.3. The number of amidine groups is 1. The van der Waals surface area contributed by atoms with Crippen molar-refractivity contribution in [3.8, 4) is 0 Å². The summed E-state index contributed by atoms with van der Waals surface area (Å²) >= 11 is 0. The highest BCUT2D eigenvalue weighted by Crippen LogP contribution is 2.29. The normalized spacial score (nSPS) is 33.6. The fourth-order valence-electron chi connectivity index (χ4n) is 3.29. The van der Waals surface area contributed by atoms with Crippen LogP contribution >= 0.6 is 0 Å². The van der Waals surface area contributed by atoms with Crippen molar-refractivity contribution < 1.29 is 0 Å². The average molecular weight is 224 g/mol. The van der Waals surface area contributed by atoms with Gasteiger partial charge in [0.1, 0.15) is 5.84 Å². The molecule has 16 heavy (non-hydrogen) atoms. The van der Waals surface area contributed by atoms with Crippen LogP contribution in [0.1, 0.15) is 32.6 Å². The van der Waals surface area contributed by atoms with Crippen molar-refractivity contribution >= 4 is 5.84 Å². The summed E-state index contributed by atoms with van der Waals surface area (Å²) in [4.78, 5) is 4.95. The first-order chi connectivity index (χ1) is 7.63. The van der Waals surface area contributed by atoms with Crippen LogP contribution in [-0.4, -0.2) is 53.9 Å². The van der Waals surface area contributed by atoms with E-state index in [2.05, 4.69) is 23.8 Å². The zero-order valence-corrected chi connectivity index (χ0v) is 10.4. The second-order valence-electron chi connectivity index (χ2n) is 5.21. The van der Waals surface area contributed by atoms with Gasteiger partial charge in [-0.05, 0) is 32.7 Å². The molecule has 0 radical (unpaired) electrons. The molecule has 4 heteroatoms. The first-order valence-corrected chi connectivity index (χ1v) is 6.43. The molecule has 2 bridgehead atoms. The van der Waals surface area contributed by atoms with Crippen LogP contribution < -0.4 is 5.73 Å². The average Bonchev–Trinajstić information content (AvgIpc) is 2.45. The Bertz CT molecular complexity index is 266. The van der Waals surface area contributed by atoms with Crippen molar-refractivity contribution in [1.82, 2.24) is 9.80 Å². The summed E-state index contributed by atoms with van der Waals surface area (Å²) in [5.41, 5.74) is 5.69. The van der Waals surface area contributed by atoms with E-state index in [4.69, 9.17) is 11.1 Å². The van der Waals surface area contributed by atoms with Crippen LogP contribution in [0.3, 0.4) is 0 Å². The molecule has 2 rings (SSSR count). The lowest BCUT2D eigenvalue weighted by atomic mass is 10.1. The summed E-state index contributed by atoms with van der Waals surface area (Å²) in [5, 5.41) is 7.67. The minimum absolute atomic E-state index is 0.160. The molecule has 3 unspecified atom stereocenters. The number of hydrogen-bond acceptors (Lipinski definition) is 3. The monoisotopic (exact) mass is 224 g/mol. The zero-order valence-electron chi connectivity index (χ0n) is 10.4. The summed E-state index contributed by atoms with van der Waals surface area (Å²) in [6.45, 7) is 4.31. The summed E-state index contributed by atoms with van der Waals surface area (Å²) in [5.74, 6) is 0.336. The maximum absolute atomic E-state index is 7.67. The van der Waals surface area contributed by atoms with E-state index in [1.54, 1.807) is 0 Å². The minimum atomic E-state index is 0.160. The third-order valence-corrected chi connectivity index (χ3v) is 4.37. The van der Waals surface area contributed by atoms with Gasteiger partial charge >= 0.3 is 0 Å². The van der Waals surface area contributed by atoms with Crippen LogP contribution in [0, 0.1) is 5.41 Å². The van der Waals surface area contributed by atoms with E-state index in [1.165, 1.54) is 19.3 Å². The molecule has 2 aliphatic rings. The summed E-state index contributed by atoms with van der Waals surface area (Å²) in [7, 11) is 2.25. The van der Waals surface area contributed by atoms with E-state index < -0.39 is 0 Å². The molecule has 2 fully saturated rings. The molecule has 0 aliphatic carbocycles. The van der Waals surface area contributed by atoms with Gasteiger partial charge in [-0.25, -0.2) is 0 Å². The third-order valence-electron chi connectivity index (χ3n) is 4.37. The number of rotatable bonds is 3. The van der Waals surface area contributed by atoms with E-state index in [0.29, 0.717) is 11.9 Å². The topological polar surface area (TPSA) is 56.4 Å². The number of nitrogens with one attached hydrogen (secondary N) is 1. The Morgan fingerprint density at radius 3 is 2.69 bits per heavy atom. The molecule has 92 valence electrons. The predicted octanol–water partition coefficient (Wildman–Crippen LogP) is 0.869. The lowest BCUT2D eigenvalue weighted by molar-refractivity contribution is 0.199. The molecule has 2 aliphatic heterocycles. The van der Waals surface area contributed by atoms with Gasteiger partial charge in [-0.1, -0.05) is 6.92 Å². The van der Waals surface area contributed by atoms with Crippen LogP contribution in [0.4, 0.5) is 0 Å². The number of nitrogens with two attached hydrogens (primary N) is 1. The van der Waals surface area contributed by atoms with Crippen LogP contribution in [0.5, 0.6) is 0 Å². The van der Waals surface area contributed by atoms with Gasteiger partial charge in [-0.3, -0.25) is 15.2 Å². The van der Waals surface area contributed by atoms with Gasteiger partial charge in [0.05, 0.1) is 6.04 Å². The standard InChI is InChI=1S/C12H24N4/c1-3-11(12(13)14)16-7-6-9-4-5-10(8-16)15(9)2/h9-11H,3-8H2,1-2H3,(H3,13,14). The van der Waals surface area contributed by atoms with Crippen molar-refractivity contribution in [3.63, 3.8) is 0 Å². The molecule has 3 atom stereocenters. The molecule has 0 amide bonds. The van der Waals surface area contributed by atoms with Crippen molar-refractivity contribution in [2.75, 3.05) is 20.1 Å². The van der Waals surface area contributed by atoms with Crippen molar-refractivity contribution in [1.29, 1.82) is 5.41 Å². The van der Waals surface area contributed by atoms with Gasteiger partial charge in [0.15, 0.2) is 0 Å². The molecule has 0 spiro atoms. The molecule has 2 saturated heterocycles. The van der Waals surface area contributed by atoms with Gasteiger partial charge in [0, 0.05) is 25.2 Å². The molecule has 0 aromatic carbocycles. The molecular formula is C12H24N4. The molecule has 0 aromatic heterocycles. The molecular weight excluding hydrogens is 200 g/mol. The molecule has 4 nitrogen and oxygen atoms in total. The van der Waals surface area contributed by atoms with Crippen molar-refractivity contribution in [2.24, 2.45) is 5.73 Å². The summed E-state index contributed by atoms with van der Waals surface area (Å²) < 4.78 is 0. The van der Waals surface area contributed by atoms with Gasteiger partial charge < -0.3 is 5.73 Å². The molecule has 2 heterocycles. The van der Waals surface area contributed by atoms with Crippen molar-refractivity contribution in [3.05, 3.63) is 0 Å². The van der Waals surface area contributed by atoms with Crippen LogP contribution in [-0.2, 0) is 0 Å². The Morgan fingerprint density at radius 2 is 2.06 bits per heavy atom. The Hall–Kier alpha value is -0.610. The number of fused-ring (bicyclic) bond motifs is 2. The number of nitrogens with zero attached hydrogens (tertiary/aromatic N) is 2. The largest absolute Gasteiger partial charge is 0.386 e. The van der Waals surface area contributed by atoms with E-state index in [1.807, 2.05) is 0 Å². The minimum Gasteiger partial charge on any atom is -0.386 e. The maximum Gasteiger partial charge on any atom is 0.108 e. The SMILES string of the molecule is CCC(C(=N)N)N1CCC2CCC(C1)N2C. The lowest BCUT2D eigenvalue weighted by Crippen LogP contribution is -2.47. The van der Waals surface area contributed by atoms with E-state index in [0.717, 1.165) is 25.6 Å². The van der Waals surface area contributed by atoms with Gasteiger partial charge in [0.25, 0.3) is 0 Å². The Morgan fingerprint density at radius 1 is 1.38 bits per heavy atom. The molecule has 3 N–H and O–H groups in total. The smallest absolute Gasteiger partial charge is 0.108 e. The lowest BCUT2D eigenvalue weighted by Gasteiger charge is -2.31. The molecule has 0 aromatic rings. The van der Waals surface area contributed by atoms with Gasteiger partial charge in [-0.15, -0.1) is 0 Å². The van der Waals surface area contributed by atoms with Crippen LogP contribution in [0.25, 0.3) is 0 Å². The van der Waals surface area contributed by atoms with E-state index in [9.17, 15) is 0 Å². The highest BCUT2D eigenvalue weighted by Gasteiger charge is 2.36. The fraction of sp³-hybridized carbons (Fsp3) is 0.917. The second kappa shape index (κ2) is 4.72. The number of likely N-dealkylation sites (tertiary alicyclic amines) is 1. The molecule has 0 saturated carbocycles. The zero-order chi connectivity index (χ0) is 11.7. The fourth-order valence-corrected chi connectivity index (χ4v) is 3.29. The third kappa shape index (κ3) is 2.09. The first kappa shape index (κ1) is 11.9. The predicted molar refractivity (Wildman–Crippen MR) is 66.8 cm³/mol. The summed E-state index contributed by atoms with van der Waals surface area (Å²) in [6, 6.07) is 1.60. The Labute approximate surface area is 98.3 Å². The van der Waals surface area contributed by atoms with E-state index >= 15 is 0 Å². The van der Waals surface area contributed by atoms with Crippen molar-refractivity contribution in [2.45, 2.75) is 50.7 Å². The van der Waals surface area contributed by atoms with Gasteiger partial charge in [0.2, 0.25) is 0 Å². The Balaban J connectivity index is 2.05. The number of hydrogen-bond donors (Lipinski definition) is 2. The summed E-state index contributed by atoms with van der Waals surface area (Å²) in [6.07, 6.45) is 4.85. The van der Waals surface area contributed by atoms with E-state index in [-0.39, 0.29) is 6.04 Å². The quantitative estimate of drug-likeness (QED) is 0.552. The van der Waals surface area contributed by atoms with Gasteiger partial charge in [-0.2, -0.15) is 0 Å². The number of likely N-dealkylation sites (N-methyl/N-ethyl adjacent to an activating group) is 1. The first-order valence-electron chi connectivity index (χ1n) is 6.43. The second-order valence-corrected chi connectivity index (χ2v) is 5.21. The van der Waals surface area contributed by atoms with Crippen LogP contribution in [0.15, 0.2) is 0 Å². The highest BCUT2D eigenvalue weighted by molar-refractivity contribution is 5.82. The Kier molecular flexibility index (Phi) is 3.50.